The summed E-state index contributed by atoms with van der Waals surface area (Å²) in [6.07, 6.45) is -0.539. The number of aromatic amines is 1. The van der Waals surface area contributed by atoms with Gasteiger partial charge in [0.15, 0.2) is 11.5 Å². The molecule has 7 nitrogen and oxygen atoms in total. The minimum atomic E-state index is -0.579. The maximum Gasteiger partial charge on any atom is 0.415 e. The van der Waals surface area contributed by atoms with E-state index in [4.69, 9.17) is 9.47 Å². The third kappa shape index (κ3) is 2.59. The lowest BCUT2D eigenvalue weighted by molar-refractivity contribution is 0.137. The van der Waals surface area contributed by atoms with Gasteiger partial charge in [0.2, 0.25) is 0 Å². The van der Waals surface area contributed by atoms with Crippen molar-refractivity contribution in [3.8, 4) is 17.2 Å². The summed E-state index contributed by atoms with van der Waals surface area (Å²) in [7, 11) is 3.13. The second kappa shape index (κ2) is 6.35. The van der Waals surface area contributed by atoms with Crippen LogP contribution in [-0.2, 0) is 0 Å². The van der Waals surface area contributed by atoms with Crippen LogP contribution in [0, 0.1) is 6.92 Å². The molecule has 2 heterocycles. The van der Waals surface area contributed by atoms with E-state index in [1.807, 2.05) is 49.4 Å². The zero-order valence-corrected chi connectivity index (χ0v) is 15.2. The molecule has 4 rings (SSSR count). The van der Waals surface area contributed by atoms with Crippen LogP contribution < -0.4 is 15.0 Å². The van der Waals surface area contributed by atoms with Crippen molar-refractivity contribution >= 4 is 6.09 Å². The first kappa shape index (κ1) is 17.0. The number of ether oxygens (including phenoxy) is 2. The Bertz CT molecular complexity index is 1070. The number of para-hydroxylation sites is 2. The maximum absolute atomic E-state index is 13.2. The Morgan fingerprint density at radius 1 is 1.07 bits per heavy atom. The van der Waals surface area contributed by atoms with E-state index < -0.39 is 12.1 Å². The Balaban J connectivity index is 1.93. The molecule has 0 bridgehead atoms. The van der Waals surface area contributed by atoms with Crippen LogP contribution in [0.1, 0.15) is 22.9 Å². The van der Waals surface area contributed by atoms with E-state index in [0.29, 0.717) is 28.3 Å². The zero-order chi connectivity index (χ0) is 19.1. The average Bonchev–Trinajstić information content (AvgIpc) is 2.97. The lowest BCUT2D eigenvalue weighted by Crippen LogP contribution is -2.40. The summed E-state index contributed by atoms with van der Waals surface area (Å²) in [5, 5.41) is 3.12. The van der Waals surface area contributed by atoms with Crippen LogP contribution in [-0.4, -0.2) is 34.9 Å². The first-order valence-corrected chi connectivity index (χ1v) is 8.51. The number of hydrogen-bond donors (Lipinski definition) is 1. The summed E-state index contributed by atoms with van der Waals surface area (Å²) in [4.78, 5) is 27.1. The van der Waals surface area contributed by atoms with Crippen molar-refractivity contribution in [2.24, 2.45) is 0 Å². The molecular formula is C20H19N3O4. The van der Waals surface area contributed by atoms with E-state index >= 15 is 0 Å². The molecule has 1 amide bonds. The van der Waals surface area contributed by atoms with E-state index in [1.165, 1.54) is 16.7 Å². The lowest BCUT2D eigenvalue weighted by atomic mass is 9.95. The molecule has 1 aromatic heterocycles. The Morgan fingerprint density at radius 3 is 2.52 bits per heavy atom. The highest BCUT2D eigenvalue weighted by molar-refractivity contribution is 5.77. The number of hydrogen-bond acceptors (Lipinski definition) is 4. The fourth-order valence-corrected chi connectivity index (χ4v) is 3.48. The zero-order valence-electron chi connectivity index (χ0n) is 15.2. The summed E-state index contributed by atoms with van der Waals surface area (Å²) < 4.78 is 12.2. The summed E-state index contributed by atoms with van der Waals surface area (Å²) in [5.74, 6) is 0.801. The molecule has 1 N–H and O–H groups in total. The molecule has 0 radical (unpaired) electrons. The second-order valence-electron chi connectivity index (χ2n) is 6.39. The summed E-state index contributed by atoms with van der Waals surface area (Å²) in [5.41, 5.74) is 2.40. The number of aryl methyl sites for hydroxylation is 1. The molecule has 0 spiro atoms. The predicted octanol–water partition coefficient (Wildman–Crippen LogP) is 3.02. The minimum Gasteiger partial charge on any atom is -0.493 e. The van der Waals surface area contributed by atoms with E-state index in [2.05, 4.69) is 5.10 Å². The van der Waals surface area contributed by atoms with Crippen LogP contribution in [0.2, 0.25) is 0 Å². The van der Waals surface area contributed by atoms with Crippen LogP contribution in [0.15, 0.2) is 53.3 Å². The van der Waals surface area contributed by atoms with Gasteiger partial charge in [-0.15, -0.1) is 0 Å². The molecule has 3 aromatic rings. The Kier molecular flexibility index (Phi) is 3.99. The number of fused-ring (bicyclic) bond motifs is 1. The van der Waals surface area contributed by atoms with Crippen molar-refractivity contribution in [3.63, 3.8) is 0 Å². The first-order chi connectivity index (χ1) is 13.0. The molecule has 1 atom stereocenters. The van der Waals surface area contributed by atoms with Gasteiger partial charge in [-0.1, -0.05) is 30.3 Å². The van der Waals surface area contributed by atoms with Crippen molar-refractivity contribution in [1.82, 2.24) is 14.7 Å². The number of carbonyl (C=O) groups is 1. The van der Waals surface area contributed by atoms with E-state index in [1.54, 1.807) is 13.1 Å². The number of rotatable bonds is 3. The lowest BCUT2D eigenvalue weighted by Gasteiger charge is -2.33. The SMILES string of the molecule is COc1cccc2c1OC(=O)N(C)C2c1c(C)[nH]n(-c2ccccc2)c1=O. The molecule has 2 aromatic carbocycles. The molecule has 7 heteroatoms. The van der Waals surface area contributed by atoms with Gasteiger partial charge in [0, 0.05) is 18.3 Å². The van der Waals surface area contributed by atoms with Crippen molar-refractivity contribution < 1.29 is 14.3 Å². The number of H-pyrrole nitrogens is 1. The molecule has 1 unspecified atom stereocenters. The molecule has 0 aliphatic carbocycles. The standard InChI is InChI=1S/C20H19N3O4/c1-12-16(19(24)23(21-12)13-8-5-4-6-9-13)17-14-10-7-11-15(26-3)18(14)27-20(25)22(17)2/h4-11,17,21H,1-3H3. The Hall–Kier alpha value is -3.48. The van der Waals surface area contributed by atoms with Gasteiger partial charge in [-0.05, 0) is 25.1 Å². The van der Waals surface area contributed by atoms with Crippen LogP contribution in [0.4, 0.5) is 4.79 Å². The summed E-state index contributed by atoms with van der Waals surface area (Å²) in [6, 6.07) is 14.1. The molecule has 1 aliphatic rings. The average molecular weight is 365 g/mol. The molecule has 27 heavy (non-hydrogen) atoms. The molecule has 0 saturated carbocycles. The number of nitrogens with one attached hydrogen (secondary N) is 1. The van der Waals surface area contributed by atoms with E-state index in [9.17, 15) is 9.59 Å². The van der Waals surface area contributed by atoms with Crippen LogP contribution in [0.3, 0.4) is 0 Å². The number of benzene rings is 2. The Labute approximate surface area is 155 Å². The molecule has 138 valence electrons. The minimum absolute atomic E-state index is 0.209. The summed E-state index contributed by atoms with van der Waals surface area (Å²) >= 11 is 0. The van der Waals surface area contributed by atoms with Crippen molar-refractivity contribution in [2.45, 2.75) is 13.0 Å². The summed E-state index contributed by atoms with van der Waals surface area (Å²) in [6.45, 7) is 1.82. The Morgan fingerprint density at radius 2 is 1.81 bits per heavy atom. The van der Waals surface area contributed by atoms with Gasteiger partial charge < -0.3 is 9.47 Å². The van der Waals surface area contributed by atoms with E-state index in [-0.39, 0.29) is 5.56 Å². The normalized spacial score (nSPS) is 16.0. The van der Waals surface area contributed by atoms with Crippen LogP contribution in [0.25, 0.3) is 5.69 Å². The third-order valence-corrected chi connectivity index (χ3v) is 4.79. The van der Waals surface area contributed by atoms with Crippen molar-refractivity contribution in [1.29, 1.82) is 0 Å². The van der Waals surface area contributed by atoms with Gasteiger partial charge in [-0.3, -0.25) is 14.8 Å². The van der Waals surface area contributed by atoms with Gasteiger partial charge in [0.05, 0.1) is 24.4 Å². The highest BCUT2D eigenvalue weighted by Gasteiger charge is 2.38. The monoisotopic (exact) mass is 365 g/mol. The molecular weight excluding hydrogens is 346 g/mol. The number of methoxy groups -OCH3 is 1. The number of nitrogens with zero attached hydrogens (tertiary/aromatic N) is 2. The van der Waals surface area contributed by atoms with Gasteiger partial charge >= 0.3 is 6.09 Å². The van der Waals surface area contributed by atoms with Crippen LogP contribution in [0.5, 0.6) is 11.5 Å². The van der Waals surface area contributed by atoms with E-state index in [0.717, 1.165) is 5.69 Å². The predicted molar refractivity (Wildman–Crippen MR) is 99.8 cm³/mol. The van der Waals surface area contributed by atoms with Crippen molar-refractivity contribution in [3.05, 3.63) is 75.7 Å². The molecule has 1 aliphatic heterocycles. The first-order valence-electron chi connectivity index (χ1n) is 8.51. The number of carbonyl (C=O) groups excluding carboxylic acids is 1. The number of amides is 1. The van der Waals surface area contributed by atoms with Gasteiger partial charge in [0.25, 0.3) is 5.56 Å². The quantitative estimate of drug-likeness (QED) is 0.774. The highest BCUT2D eigenvalue weighted by Crippen LogP contribution is 2.43. The van der Waals surface area contributed by atoms with Crippen molar-refractivity contribution in [2.75, 3.05) is 14.2 Å². The fraction of sp³-hybridized carbons (Fsp3) is 0.200. The topological polar surface area (TPSA) is 76.6 Å². The van der Waals surface area contributed by atoms with Gasteiger partial charge in [0.1, 0.15) is 0 Å². The molecule has 0 fully saturated rings. The maximum atomic E-state index is 13.2. The van der Waals surface area contributed by atoms with Crippen LogP contribution >= 0.6 is 0 Å². The van der Waals surface area contributed by atoms with Gasteiger partial charge in [-0.2, -0.15) is 0 Å². The second-order valence-corrected chi connectivity index (χ2v) is 6.39. The highest BCUT2D eigenvalue weighted by atomic mass is 16.6. The molecule has 0 saturated heterocycles. The smallest absolute Gasteiger partial charge is 0.415 e. The fourth-order valence-electron chi connectivity index (χ4n) is 3.48. The van der Waals surface area contributed by atoms with Gasteiger partial charge in [-0.25, -0.2) is 9.48 Å². The largest absolute Gasteiger partial charge is 0.493 e. The number of aromatic nitrogens is 2. The third-order valence-electron chi connectivity index (χ3n) is 4.79.